The van der Waals surface area contributed by atoms with Crippen LogP contribution in [0.2, 0.25) is 0 Å². The predicted octanol–water partition coefficient (Wildman–Crippen LogP) is 11.5. The maximum atomic E-state index is 10.4. The quantitative estimate of drug-likeness (QED) is 0.181. The molecule has 0 unspecified atom stereocenters. The fraction of sp³-hybridized carbons (Fsp3) is 0. The smallest absolute Gasteiger partial charge is 0.195 e. The summed E-state index contributed by atoms with van der Waals surface area (Å²) in [5, 5.41) is 24.3. The Morgan fingerprint density at radius 1 is 0.480 bits per heavy atom. The van der Waals surface area contributed by atoms with Crippen molar-refractivity contribution in [2.45, 2.75) is 0 Å². The van der Waals surface area contributed by atoms with E-state index in [1.165, 1.54) is 10.8 Å². The van der Waals surface area contributed by atoms with Crippen molar-refractivity contribution in [1.29, 1.82) is 10.5 Å². The first-order chi connectivity index (χ1) is 24.7. The highest BCUT2D eigenvalue weighted by molar-refractivity contribution is 6.11. The van der Waals surface area contributed by atoms with Crippen molar-refractivity contribution in [3.63, 3.8) is 0 Å². The minimum Gasteiger partial charge on any atom is -0.309 e. The average Bonchev–Trinajstić information content (AvgIpc) is 3.69. The van der Waals surface area contributed by atoms with Crippen molar-refractivity contribution in [2.75, 3.05) is 0 Å². The van der Waals surface area contributed by atoms with Crippen LogP contribution >= 0.6 is 0 Å². The van der Waals surface area contributed by atoms with Gasteiger partial charge >= 0.3 is 0 Å². The van der Waals surface area contributed by atoms with Crippen LogP contribution in [0.25, 0.3) is 82.1 Å². The SMILES string of the molecule is [C-]#[N+]c1cccc(-c2ccc(C#N)c(-n3c4ccccc4c4cc(C#N)ccc43)c2)c1-c1ccccc1-n1c2ccccc2c2ccccc21. The lowest BCUT2D eigenvalue weighted by Crippen LogP contribution is -2.00. The van der Waals surface area contributed by atoms with E-state index in [2.05, 4.69) is 98.9 Å². The molecule has 9 rings (SSSR count). The van der Waals surface area contributed by atoms with Gasteiger partial charge in [0.25, 0.3) is 0 Å². The molecule has 50 heavy (non-hydrogen) atoms. The molecule has 230 valence electrons. The summed E-state index contributed by atoms with van der Waals surface area (Å²) >= 11 is 0. The van der Waals surface area contributed by atoms with Crippen LogP contribution in [-0.2, 0) is 0 Å². The number of fused-ring (bicyclic) bond motifs is 6. The van der Waals surface area contributed by atoms with Crippen LogP contribution in [0, 0.1) is 29.2 Å². The Bertz CT molecular complexity index is 2920. The molecule has 0 saturated heterocycles. The third-order valence-corrected chi connectivity index (χ3v) is 9.63. The van der Waals surface area contributed by atoms with Crippen molar-refractivity contribution in [2.24, 2.45) is 0 Å². The van der Waals surface area contributed by atoms with Crippen LogP contribution in [0.3, 0.4) is 0 Å². The lowest BCUT2D eigenvalue weighted by atomic mass is 9.91. The van der Waals surface area contributed by atoms with Gasteiger partial charge in [-0.3, -0.25) is 0 Å². The molecule has 0 radical (unpaired) electrons. The summed E-state index contributed by atoms with van der Waals surface area (Å²) in [5.41, 5.74) is 10.9. The molecular formula is C45H25N5. The van der Waals surface area contributed by atoms with Gasteiger partial charge in [-0.1, -0.05) is 97.1 Å². The highest BCUT2D eigenvalue weighted by Gasteiger charge is 2.21. The lowest BCUT2D eigenvalue weighted by molar-refractivity contribution is 1.17. The topological polar surface area (TPSA) is 61.8 Å². The summed E-state index contributed by atoms with van der Waals surface area (Å²) in [4.78, 5) is 4.04. The van der Waals surface area contributed by atoms with Gasteiger partial charge in [0, 0.05) is 21.5 Å². The molecule has 9 aromatic rings. The number of para-hydroxylation sites is 4. The Kier molecular flexibility index (Phi) is 6.56. The van der Waals surface area contributed by atoms with Gasteiger partial charge < -0.3 is 9.13 Å². The van der Waals surface area contributed by atoms with Crippen molar-refractivity contribution in [1.82, 2.24) is 9.13 Å². The van der Waals surface area contributed by atoms with E-state index in [4.69, 9.17) is 6.57 Å². The van der Waals surface area contributed by atoms with Crippen molar-refractivity contribution < 1.29 is 0 Å². The maximum absolute atomic E-state index is 10.4. The molecule has 0 fully saturated rings. The Morgan fingerprint density at radius 3 is 1.72 bits per heavy atom. The normalized spacial score (nSPS) is 11.1. The van der Waals surface area contributed by atoms with Crippen molar-refractivity contribution in [3.05, 3.63) is 174 Å². The van der Waals surface area contributed by atoms with Crippen molar-refractivity contribution >= 4 is 49.3 Å². The highest BCUT2D eigenvalue weighted by Crippen LogP contribution is 2.45. The first kappa shape index (κ1) is 28.8. The summed E-state index contributed by atoms with van der Waals surface area (Å²) in [6.07, 6.45) is 0. The summed E-state index contributed by atoms with van der Waals surface area (Å²) < 4.78 is 4.40. The molecule has 7 aromatic carbocycles. The largest absolute Gasteiger partial charge is 0.309 e. The van der Waals surface area contributed by atoms with Crippen molar-refractivity contribution in [3.8, 4) is 45.8 Å². The molecule has 0 atom stereocenters. The lowest BCUT2D eigenvalue weighted by Gasteiger charge is -2.19. The van der Waals surface area contributed by atoms with Crippen LogP contribution in [0.15, 0.2) is 152 Å². The number of hydrogen-bond donors (Lipinski definition) is 0. The Labute approximate surface area is 288 Å². The molecule has 0 amide bonds. The van der Waals surface area contributed by atoms with E-state index >= 15 is 0 Å². The maximum Gasteiger partial charge on any atom is 0.195 e. The summed E-state index contributed by atoms with van der Waals surface area (Å²) in [7, 11) is 0. The van der Waals surface area contributed by atoms with E-state index < -0.39 is 0 Å². The van der Waals surface area contributed by atoms with E-state index in [1.807, 2.05) is 78.9 Å². The Balaban J connectivity index is 1.32. The van der Waals surface area contributed by atoms with E-state index in [0.29, 0.717) is 16.8 Å². The van der Waals surface area contributed by atoms with Crippen LogP contribution < -0.4 is 0 Å². The molecule has 0 aliphatic carbocycles. The van der Waals surface area contributed by atoms with Crippen LogP contribution in [0.4, 0.5) is 5.69 Å². The number of rotatable bonds is 4. The molecular weight excluding hydrogens is 611 g/mol. The van der Waals surface area contributed by atoms with E-state index in [-0.39, 0.29) is 0 Å². The number of benzene rings is 7. The fourth-order valence-electron chi connectivity index (χ4n) is 7.50. The zero-order valence-corrected chi connectivity index (χ0v) is 26.7. The first-order valence-electron chi connectivity index (χ1n) is 16.3. The third kappa shape index (κ3) is 4.24. The molecule has 0 bridgehead atoms. The minimum atomic E-state index is 0.523. The second kappa shape index (κ2) is 11.4. The number of hydrogen-bond acceptors (Lipinski definition) is 2. The van der Waals surface area contributed by atoms with Gasteiger partial charge in [-0.25, -0.2) is 4.85 Å². The van der Waals surface area contributed by atoms with Gasteiger partial charge in [0.2, 0.25) is 0 Å². The molecule has 0 saturated carbocycles. The molecule has 2 aromatic heterocycles. The number of nitrogens with zero attached hydrogens (tertiary/aromatic N) is 5. The van der Waals surface area contributed by atoms with Gasteiger partial charge in [-0.05, 0) is 76.9 Å². The molecule has 0 N–H and O–H groups in total. The van der Waals surface area contributed by atoms with Gasteiger partial charge in [0.1, 0.15) is 6.07 Å². The standard InChI is InChI=1S/C45H25N5/c1-48-38-16-10-15-32(45(38)36-14-5-9-20-42(36)49-39-17-6-2-11-33(39)34-12-3-7-18-40(34)49)30-22-23-31(28-47)44(26-30)50-41-19-8-4-13-35(41)37-25-29(27-46)21-24-43(37)50/h2-26H. The zero-order valence-electron chi connectivity index (χ0n) is 26.7. The van der Waals surface area contributed by atoms with Crippen LogP contribution in [-0.4, -0.2) is 9.13 Å². The van der Waals surface area contributed by atoms with E-state index in [9.17, 15) is 10.5 Å². The molecule has 5 heteroatoms. The molecule has 0 spiro atoms. The molecule has 0 aliphatic rings. The van der Waals surface area contributed by atoms with Gasteiger partial charge in [0.05, 0.1) is 57.2 Å². The summed E-state index contributed by atoms with van der Waals surface area (Å²) in [5.74, 6) is 0. The van der Waals surface area contributed by atoms with Gasteiger partial charge in [-0.2, -0.15) is 10.5 Å². The van der Waals surface area contributed by atoms with Gasteiger partial charge in [-0.15, -0.1) is 0 Å². The first-order valence-corrected chi connectivity index (χ1v) is 16.3. The number of nitriles is 2. The highest BCUT2D eigenvalue weighted by atomic mass is 15.0. The number of aromatic nitrogens is 2. The van der Waals surface area contributed by atoms with Crippen LogP contribution in [0.1, 0.15) is 11.1 Å². The van der Waals surface area contributed by atoms with E-state index in [0.717, 1.165) is 66.5 Å². The monoisotopic (exact) mass is 635 g/mol. The predicted molar refractivity (Wildman–Crippen MR) is 202 cm³/mol. The Morgan fingerprint density at radius 2 is 1.06 bits per heavy atom. The molecule has 0 aliphatic heterocycles. The molecule has 2 heterocycles. The zero-order chi connectivity index (χ0) is 33.8. The van der Waals surface area contributed by atoms with Crippen LogP contribution in [0.5, 0.6) is 0 Å². The second-order valence-corrected chi connectivity index (χ2v) is 12.2. The summed E-state index contributed by atoms with van der Waals surface area (Å²) in [6, 6.07) is 55.3. The Hall–Kier alpha value is -7.39. The third-order valence-electron chi connectivity index (χ3n) is 9.63. The minimum absolute atomic E-state index is 0.523. The average molecular weight is 636 g/mol. The second-order valence-electron chi connectivity index (χ2n) is 12.2. The van der Waals surface area contributed by atoms with Gasteiger partial charge in [0.15, 0.2) is 5.69 Å². The fourth-order valence-corrected chi connectivity index (χ4v) is 7.50. The summed E-state index contributed by atoms with van der Waals surface area (Å²) in [6.45, 7) is 8.28. The van der Waals surface area contributed by atoms with E-state index in [1.54, 1.807) is 0 Å². The molecule has 5 nitrogen and oxygen atoms in total.